The fraction of sp³-hybridized carbons (Fsp3) is 0.500. The highest BCUT2D eigenvalue weighted by Crippen LogP contribution is 2.30. The molecule has 2 heterocycles. The van der Waals surface area contributed by atoms with Gasteiger partial charge in [-0.1, -0.05) is 6.07 Å². The van der Waals surface area contributed by atoms with Crippen molar-refractivity contribution in [2.24, 2.45) is 0 Å². The molecule has 1 unspecified atom stereocenters. The number of H-pyrrole nitrogens is 1. The van der Waals surface area contributed by atoms with Crippen LogP contribution in [-0.2, 0) is 17.7 Å². The number of aromatic nitrogens is 2. The van der Waals surface area contributed by atoms with Crippen molar-refractivity contribution in [2.75, 3.05) is 20.8 Å². The summed E-state index contributed by atoms with van der Waals surface area (Å²) in [6.07, 6.45) is 0.185. The Morgan fingerprint density at radius 3 is 2.55 bits per heavy atom. The summed E-state index contributed by atoms with van der Waals surface area (Å²) in [5.41, 5.74) is 2.15. The Morgan fingerprint density at radius 1 is 1.19 bits per heavy atom. The molecule has 0 spiro atoms. The van der Waals surface area contributed by atoms with Gasteiger partial charge in [-0.15, -0.1) is 0 Å². The number of hydrogen-bond donors (Lipinski definition) is 2. The first-order valence-corrected chi connectivity index (χ1v) is 10.2. The number of carbonyl (C=O) groups is 2. The van der Waals surface area contributed by atoms with Crippen molar-refractivity contribution in [3.63, 3.8) is 0 Å². The Kier molecular flexibility index (Phi) is 6.42. The summed E-state index contributed by atoms with van der Waals surface area (Å²) in [7, 11) is 3.14. The zero-order valence-corrected chi connectivity index (χ0v) is 18.9. The smallest absolute Gasteiger partial charge is 0.410 e. The third-order valence-corrected chi connectivity index (χ3v) is 5.06. The summed E-state index contributed by atoms with van der Waals surface area (Å²) in [4.78, 5) is 27.0. The predicted molar refractivity (Wildman–Crippen MR) is 114 cm³/mol. The molecule has 9 nitrogen and oxygen atoms in total. The topological polar surface area (TPSA) is 106 Å². The Balaban J connectivity index is 1.73. The Hall–Kier alpha value is -3.23. The van der Waals surface area contributed by atoms with Crippen LogP contribution in [0.1, 0.15) is 61.0 Å². The number of methoxy groups -OCH3 is 2. The zero-order chi connectivity index (χ0) is 22.8. The molecule has 3 rings (SSSR count). The molecule has 2 amide bonds. The number of fused-ring (bicyclic) bond motifs is 1. The van der Waals surface area contributed by atoms with E-state index in [0.717, 1.165) is 11.3 Å². The molecule has 0 saturated heterocycles. The summed E-state index contributed by atoms with van der Waals surface area (Å²) in [5.74, 6) is 0.894. The van der Waals surface area contributed by atoms with Crippen LogP contribution in [0.15, 0.2) is 18.2 Å². The number of nitrogens with zero attached hydrogens (tertiary/aromatic N) is 2. The molecule has 1 aliphatic rings. The van der Waals surface area contributed by atoms with E-state index >= 15 is 0 Å². The molecule has 31 heavy (non-hydrogen) atoms. The molecule has 0 bridgehead atoms. The first kappa shape index (κ1) is 22.5. The maximum absolute atomic E-state index is 13.0. The highest BCUT2D eigenvalue weighted by molar-refractivity contribution is 5.94. The largest absolute Gasteiger partial charge is 0.493 e. The normalized spacial score (nSPS) is 14.5. The van der Waals surface area contributed by atoms with Gasteiger partial charge in [0.15, 0.2) is 17.2 Å². The minimum absolute atomic E-state index is 0.272. The number of ether oxygens (including phenoxy) is 3. The summed E-state index contributed by atoms with van der Waals surface area (Å²) in [5, 5.41) is 10.1. The van der Waals surface area contributed by atoms with E-state index in [1.54, 1.807) is 25.2 Å². The van der Waals surface area contributed by atoms with Crippen molar-refractivity contribution in [1.29, 1.82) is 0 Å². The molecular weight excluding hydrogens is 400 g/mol. The van der Waals surface area contributed by atoms with Gasteiger partial charge in [-0.2, -0.15) is 5.10 Å². The van der Waals surface area contributed by atoms with Crippen LogP contribution in [0.2, 0.25) is 0 Å². The van der Waals surface area contributed by atoms with E-state index in [9.17, 15) is 9.59 Å². The molecule has 1 aromatic heterocycles. The van der Waals surface area contributed by atoms with Crippen LogP contribution < -0.4 is 14.8 Å². The molecule has 1 atom stereocenters. The first-order chi connectivity index (χ1) is 14.6. The summed E-state index contributed by atoms with van der Waals surface area (Å²) < 4.78 is 16.1. The second-order valence-corrected chi connectivity index (χ2v) is 8.49. The summed E-state index contributed by atoms with van der Waals surface area (Å²) in [6.45, 7) is 8.14. The molecule has 0 fully saturated rings. The predicted octanol–water partition coefficient (Wildman–Crippen LogP) is 3.21. The molecule has 0 radical (unpaired) electrons. The van der Waals surface area contributed by atoms with Gasteiger partial charge in [-0.3, -0.25) is 9.89 Å². The average Bonchev–Trinajstić information content (AvgIpc) is 3.15. The highest BCUT2D eigenvalue weighted by Gasteiger charge is 2.30. The lowest BCUT2D eigenvalue weighted by Gasteiger charge is -2.30. The van der Waals surface area contributed by atoms with E-state index in [1.165, 1.54) is 0 Å². The second kappa shape index (κ2) is 8.87. The third kappa shape index (κ3) is 5.10. The second-order valence-electron chi connectivity index (χ2n) is 8.49. The van der Waals surface area contributed by atoms with Crippen molar-refractivity contribution in [1.82, 2.24) is 20.4 Å². The van der Waals surface area contributed by atoms with Crippen molar-refractivity contribution < 1.29 is 23.8 Å². The third-order valence-electron chi connectivity index (χ3n) is 5.06. The van der Waals surface area contributed by atoms with Gasteiger partial charge in [0, 0.05) is 24.2 Å². The van der Waals surface area contributed by atoms with Gasteiger partial charge in [0.2, 0.25) is 0 Å². The molecule has 9 heteroatoms. The number of nitrogens with one attached hydrogen (secondary N) is 2. The standard InChI is InChI=1S/C22H30N4O5/c1-13(14-7-8-17(29-5)18(11-14)30-6)23-20(27)19-15-12-26(10-9-16(15)24-25-19)21(28)31-22(2,3)4/h7-8,11,13H,9-10,12H2,1-6H3,(H,23,27)(H,24,25). The maximum atomic E-state index is 13.0. The average molecular weight is 431 g/mol. The molecule has 2 aromatic rings. The molecule has 0 aliphatic carbocycles. The zero-order valence-electron chi connectivity index (χ0n) is 18.9. The number of benzene rings is 1. The molecule has 168 valence electrons. The van der Waals surface area contributed by atoms with Crippen molar-refractivity contribution in [3.8, 4) is 11.5 Å². The van der Waals surface area contributed by atoms with Crippen molar-refractivity contribution in [3.05, 3.63) is 40.7 Å². The lowest BCUT2D eigenvalue weighted by atomic mass is 10.0. The minimum atomic E-state index is -0.581. The van der Waals surface area contributed by atoms with Gasteiger partial charge < -0.3 is 24.4 Å². The molecule has 2 N–H and O–H groups in total. The Bertz CT molecular complexity index is 963. The first-order valence-electron chi connectivity index (χ1n) is 10.2. The van der Waals surface area contributed by atoms with Crippen LogP contribution >= 0.6 is 0 Å². The van der Waals surface area contributed by atoms with E-state index in [-0.39, 0.29) is 24.2 Å². The van der Waals surface area contributed by atoms with E-state index in [1.807, 2.05) is 39.8 Å². The molecule has 1 aromatic carbocycles. The highest BCUT2D eigenvalue weighted by atomic mass is 16.6. The number of amides is 2. The van der Waals surface area contributed by atoms with Crippen LogP contribution in [0, 0.1) is 0 Å². The van der Waals surface area contributed by atoms with E-state index in [0.29, 0.717) is 30.0 Å². The van der Waals surface area contributed by atoms with Gasteiger partial charge in [0.25, 0.3) is 5.91 Å². The van der Waals surface area contributed by atoms with E-state index in [2.05, 4.69) is 15.5 Å². The van der Waals surface area contributed by atoms with Gasteiger partial charge in [-0.05, 0) is 45.4 Å². The Morgan fingerprint density at radius 2 is 1.90 bits per heavy atom. The number of rotatable bonds is 5. The number of hydrogen-bond acceptors (Lipinski definition) is 6. The van der Waals surface area contributed by atoms with Gasteiger partial charge >= 0.3 is 6.09 Å². The van der Waals surface area contributed by atoms with Crippen molar-refractivity contribution in [2.45, 2.75) is 52.3 Å². The minimum Gasteiger partial charge on any atom is -0.493 e. The lowest BCUT2D eigenvalue weighted by Crippen LogP contribution is -2.40. The molecule has 1 aliphatic heterocycles. The van der Waals surface area contributed by atoms with E-state index < -0.39 is 11.7 Å². The fourth-order valence-electron chi connectivity index (χ4n) is 3.44. The molecular formula is C22H30N4O5. The molecule has 0 saturated carbocycles. The number of carbonyl (C=O) groups excluding carboxylic acids is 2. The maximum Gasteiger partial charge on any atom is 0.410 e. The van der Waals surface area contributed by atoms with Crippen LogP contribution in [0.4, 0.5) is 4.79 Å². The summed E-state index contributed by atoms with van der Waals surface area (Å²) >= 11 is 0. The number of aromatic amines is 1. The summed E-state index contributed by atoms with van der Waals surface area (Å²) in [6, 6.07) is 5.21. The van der Waals surface area contributed by atoms with E-state index in [4.69, 9.17) is 14.2 Å². The van der Waals surface area contributed by atoms with Crippen LogP contribution in [-0.4, -0.2) is 53.5 Å². The fourth-order valence-corrected chi connectivity index (χ4v) is 3.44. The van der Waals surface area contributed by atoms with Gasteiger partial charge in [0.05, 0.1) is 26.8 Å². The Labute approximate surface area is 182 Å². The lowest BCUT2D eigenvalue weighted by molar-refractivity contribution is 0.0222. The van der Waals surface area contributed by atoms with Crippen LogP contribution in [0.25, 0.3) is 0 Å². The van der Waals surface area contributed by atoms with Crippen LogP contribution in [0.5, 0.6) is 11.5 Å². The van der Waals surface area contributed by atoms with Crippen molar-refractivity contribution >= 4 is 12.0 Å². The quantitative estimate of drug-likeness (QED) is 0.755. The van der Waals surface area contributed by atoms with Crippen LogP contribution in [0.3, 0.4) is 0 Å². The van der Waals surface area contributed by atoms with Gasteiger partial charge in [0.1, 0.15) is 5.60 Å². The van der Waals surface area contributed by atoms with Gasteiger partial charge in [-0.25, -0.2) is 4.79 Å². The SMILES string of the molecule is COc1ccc(C(C)NC(=O)c2n[nH]c3c2CN(C(=O)OC(C)(C)C)CC3)cc1OC. The monoisotopic (exact) mass is 430 g/mol.